The van der Waals surface area contributed by atoms with E-state index < -0.39 is 10.8 Å². The smallest absolute Gasteiger partial charge is 0.127 e. The van der Waals surface area contributed by atoms with E-state index in [0.717, 1.165) is 12.2 Å². The van der Waals surface area contributed by atoms with Gasteiger partial charge in [0, 0.05) is 11.9 Å². The lowest BCUT2D eigenvalue weighted by Gasteiger charge is -2.00. The number of nitrogens with zero attached hydrogens (tertiary/aromatic N) is 1. The van der Waals surface area contributed by atoms with Crippen LogP contribution in [0.4, 0.5) is 0 Å². The van der Waals surface area contributed by atoms with Gasteiger partial charge in [-0.2, -0.15) is 0 Å². The van der Waals surface area contributed by atoms with Crippen molar-refractivity contribution in [3.05, 3.63) is 24.4 Å². The maximum absolute atomic E-state index is 11.7. The van der Waals surface area contributed by atoms with Crippen LogP contribution < -0.4 is 0 Å². The van der Waals surface area contributed by atoms with Crippen LogP contribution in [-0.2, 0) is 10.8 Å². The number of pyridine rings is 1. The van der Waals surface area contributed by atoms with Crippen molar-refractivity contribution in [2.45, 2.75) is 37.6 Å². The first kappa shape index (κ1) is 11.4. The lowest BCUT2D eigenvalue weighted by atomic mass is 10.2. The molecule has 1 aromatic rings. The van der Waals surface area contributed by atoms with Crippen LogP contribution in [-0.4, -0.2) is 14.9 Å². The van der Waals surface area contributed by atoms with E-state index in [-0.39, 0.29) is 0 Å². The molecule has 0 N–H and O–H groups in total. The van der Waals surface area contributed by atoms with Crippen LogP contribution >= 0.6 is 0 Å². The Hall–Kier alpha value is -0.700. The first-order chi connectivity index (χ1) is 6.84. The van der Waals surface area contributed by atoms with Gasteiger partial charge < -0.3 is 0 Å². The third-order valence-corrected chi connectivity index (χ3v) is 3.42. The summed E-state index contributed by atoms with van der Waals surface area (Å²) in [5, 5.41) is 0.712. The molecule has 2 nitrogen and oxygen atoms in total. The van der Waals surface area contributed by atoms with Gasteiger partial charge in [0.15, 0.2) is 0 Å². The third-order valence-electron chi connectivity index (χ3n) is 2.05. The number of unbranched alkanes of at least 4 members (excludes halogenated alkanes) is 3. The van der Waals surface area contributed by atoms with Crippen molar-refractivity contribution in [2.24, 2.45) is 0 Å². The molecular formula is C11H17NOS. The Bertz CT molecular complexity index is 274. The normalized spacial score (nSPS) is 12.6. The molecule has 78 valence electrons. The number of hydrogen-bond acceptors (Lipinski definition) is 2. The van der Waals surface area contributed by atoms with Crippen LogP contribution in [0.15, 0.2) is 29.4 Å². The van der Waals surface area contributed by atoms with E-state index in [9.17, 15) is 4.21 Å². The SMILES string of the molecule is CCCCCCS(=O)c1ccccn1. The fourth-order valence-corrected chi connectivity index (χ4v) is 2.33. The molecule has 1 aromatic heterocycles. The molecule has 0 bridgehead atoms. The molecule has 3 heteroatoms. The molecule has 14 heavy (non-hydrogen) atoms. The molecule has 0 saturated heterocycles. The second-order valence-electron chi connectivity index (χ2n) is 3.28. The summed E-state index contributed by atoms with van der Waals surface area (Å²) in [5.41, 5.74) is 0. The summed E-state index contributed by atoms with van der Waals surface area (Å²) in [7, 11) is -0.898. The zero-order valence-corrected chi connectivity index (χ0v) is 9.43. The maximum atomic E-state index is 11.7. The monoisotopic (exact) mass is 211 g/mol. The topological polar surface area (TPSA) is 30.0 Å². The molecule has 0 spiro atoms. The van der Waals surface area contributed by atoms with Gasteiger partial charge >= 0.3 is 0 Å². The fourth-order valence-electron chi connectivity index (χ4n) is 1.25. The van der Waals surface area contributed by atoms with Gasteiger partial charge in [-0.3, -0.25) is 4.21 Å². The maximum Gasteiger partial charge on any atom is 0.127 e. The van der Waals surface area contributed by atoms with Gasteiger partial charge in [0.05, 0.1) is 10.8 Å². The van der Waals surface area contributed by atoms with Gasteiger partial charge in [-0.25, -0.2) is 4.98 Å². The van der Waals surface area contributed by atoms with E-state index in [2.05, 4.69) is 11.9 Å². The Kier molecular flexibility index (Phi) is 5.45. The predicted octanol–water partition coefficient (Wildman–Crippen LogP) is 2.77. The Morgan fingerprint density at radius 3 is 2.79 bits per heavy atom. The van der Waals surface area contributed by atoms with Crippen LogP contribution in [0.2, 0.25) is 0 Å². The average Bonchev–Trinajstić information content (AvgIpc) is 2.25. The minimum Gasteiger partial charge on any atom is -0.253 e. The van der Waals surface area contributed by atoms with Crippen molar-refractivity contribution in [1.82, 2.24) is 4.98 Å². The molecular weight excluding hydrogens is 194 g/mol. The van der Waals surface area contributed by atoms with E-state index >= 15 is 0 Å². The highest BCUT2D eigenvalue weighted by Crippen LogP contribution is 2.06. The van der Waals surface area contributed by atoms with Crippen LogP contribution in [0, 0.1) is 0 Å². The Morgan fingerprint density at radius 2 is 2.14 bits per heavy atom. The van der Waals surface area contributed by atoms with Crippen molar-refractivity contribution < 1.29 is 4.21 Å². The second kappa shape index (κ2) is 6.71. The molecule has 0 amide bonds. The van der Waals surface area contributed by atoms with Gasteiger partial charge in [0.25, 0.3) is 0 Å². The van der Waals surface area contributed by atoms with Crippen molar-refractivity contribution in [3.8, 4) is 0 Å². The van der Waals surface area contributed by atoms with Gasteiger partial charge in [-0.1, -0.05) is 32.3 Å². The number of hydrogen-bond donors (Lipinski definition) is 0. The fraction of sp³-hybridized carbons (Fsp3) is 0.545. The van der Waals surface area contributed by atoms with E-state index in [1.807, 2.05) is 18.2 Å². The molecule has 0 aliphatic rings. The minimum absolute atomic E-state index is 0.712. The Labute approximate surface area is 88.2 Å². The van der Waals surface area contributed by atoms with E-state index in [1.165, 1.54) is 19.3 Å². The summed E-state index contributed by atoms with van der Waals surface area (Å²) in [6.07, 6.45) is 6.36. The molecule has 1 unspecified atom stereocenters. The van der Waals surface area contributed by atoms with Crippen molar-refractivity contribution in [3.63, 3.8) is 0 Å². The van der Waals surface area contributed by atoms with Crippen LogP contribution in [0.1, 0.15) is 32.6 Å². The molecule has 0 saturated carbocycles. The highest BCUT2D eigenvalue weighted by molar-refractivity contribution is 7.84. The van der Waals surface area contributed by atoms with Crippen molar-refractivity contribution in [1.29, 1.82) is 0 Å². The summed E-state index contributed by atoms with van der Waals surface area (Å²) in [6.45, 7) is 2.18. The van der Waals surface area contributed by atoms with Crippen molar-refractivity contribution >= 4 is 10.8 Å². The lowest BCUT2D eigenvalue weighted by molar-refractivity contribution is 0.665. The first-order valence-corrected chi connectivity index (χ1v) is 6.46. The van der Waals surface area contributed by atoms with E-state index in [0.29, 0.717) is 5.03 Å². The molecule has 1 rings (SSSR count). The molecule has 1 atom stereocenters. The molecule has 0 radical (unpaired) electrons. The number of rotatable bonds is 6. The zero-order valence-electron chi connectivity index (χ0n) is 8.61. The van der Waals surface area contributed by atoms with Gasteiger partial charge in [0.2, 0.25) is 0 Å². The summed E-state index contributed by atoms with van der Waals surface area (Å²) in [6, 6.07) is 5.56. The predicted molar refractivity (Wildman–Crippen MR) is 59.7 cm³/mol. The summed E-state index contributed by atoms with van der Waals surface area (Å²) < 4.78 is 11.7. The first-order valence-electron chi connectivity index (χ1n) is 5.14. The summed E-state index contributed by atoms with van der Waals surface area (Å²) in [4.78, 5) is 4.08. The summed E-state index contributed by atoms with van der Waals surface area (Å²) >= 11 is 0. The van der Waals surface area contributed by atoms with E-state index in [1.54, 1.807) is 6.20 Å². The van der Waals surface area contributed by atoms with Crippen LogP contribution in [0.5, 0.6) is 0 Å². The molecule has 0 aliphatic carbocycles. The second-order valence-corrected chi connectivity index (χ2v) is 4.80. The van der Waals surface area contributed by atoms with Gasteiger partial charge in [0.1, 0.15) is 5.03 Å². The molecule has 0 fully saturated rings. The largest absolute Gasteiger partial charge is 0.253 e. The third kappa shape index (κ3) is 4.01. The van der Waals surface area contributed by atoms with Crippen LogP contribution in [0.3, 0.4) is 0 Å². The number of aromatic nitrogens is 1. The van der Waals surface area contributed by atoms with Gasteiger partial charge in [-0.15, -0.1) is 0 Å². The zero-order chi connectivity index (χ0) is 10.2. The lowest BCUT2D eigenvalue weighted by Crippen LogP contribution is -1.99. The van der Waals surface area contributed by atoms with Crippen molar-refractivity contribution in [2.75, 3.05) is 5.75 Å². The summed E-state index contributed by atoms with van der Waals surface area (Å²) in [5.74, 6) is 0.747. The highest BCUT2D eigenvalue weighted by Gasteiger charge is 2.02. The Morgan fingerprint density at radius 1 is 1.29 bits per heavy atom. The highest BCUT2D eigenvalue weighted by atomic mass is 32.2. The minimum atomic E-state index is -0.898. The average molecular weight is 211 g/mol. The molecule has 1 heterocycles. The standard InChI is InChI=1S/C11H17NOS/c1-2-3-4-7-10-14(13)11-8-5-6-9-12-11/h5-6,8-9H,2-4,7,10H2,1H3. The Balaban J connectivity index is 2.29. The quantitative estimate of drug-likeness (QED) is 0.677. The van der Waals surface area contributed by atoms with Gasteiger partial charge in [-0.05, 0) is 18.6 Å². The molecule has 0 aromatic carbocycles. The molecule has 0 aliphatic heterocycles. The van der Waals surface area contributed by atoms with Crippen LogP contribution in [0.25, 0.3) is 0 Å². The van der Waals surface area contributed by atoms with E-state index in [4.69, 9.17) is 0 Å².